The highest BCUT2D eigenvalue weighted by Crippen LogP contribution is 2.16. The highest BCUT2D eigenvalue weighted by atomic mass is 16.2. The number of amides is 4. The molecule has 0 aliphatic carbocycles. The number of imide groups is 1. The van der Waals surface area contributed by atoms with Gasteiger partial charge in [0.25, 0.3) is 5.91 Å². The molecule has 1 aromatic heterocycles. The van der Waals surface area contributed by atoms with E-state index in [1.54, 1.807) is 6.33 Å². The minimum Gasteiger partial charge on any atom is -0.349 e. The number of carbonyl (C=O) groups is 3. The predicted octanol–water partition coefficient (Wildman–Crippen LogP) is 0.420. The summed E-state index contributed by atoms with van der Waals surface area (Å²) in [7, 11) is 2.93. The van der Waals surface area contributed by atoms with E-state index < -0.39 is 12.1 Å². The van der Waals surface area contributed by atoms with E-state index in [0.717, 1.165) is 11.3 Å². The van der Waals surface area contributed by atoms with Crippen molar-refractivity contribution in [1.82, 2.24) is 29.9 Å². The van der Waals surface area contributed by atoms with Crippen LogP contribution in [0.5, 0.6) is 0 Å². The van der Waals surface area contributed by atoms with Crippen LogP contribution in [0.2, 0.25) is 0 Å². The molecule has 2 heterocycles. The third-order valence-corrected chi connectivity index (χ3v) is 4.67. The Kier molecular flexibility index (Phi) is 5.49. The lowest BCUT2D eigenvalue weighted by Gasteiger charge is -2.15. The minimum absolute atomic E-state index is 0.0798. The van der Waals surface area contributed by atoms with Crippen LogP contribution in [0.3, 0.4) is 0 Å². The van der Waals surface area contributed by atoms with E-state index in [1.807, 2.05) is 22.8 Å². The maximum Gasteiger partial charge on any atom is 0.326 e. The Morgan fingerprint density at radius 1 is 1.19 bits per heavy atom. The monoisotopic (exact) mass is 370 g/mol. The predicted molar refractivity (Wildman–Crippen MR) is 96.3 cm³/mol. The third-order valence-electron chi connectivity index (χ3n) is 4.67. The molecular formula is C18H22N6O3. The number of carbonyl (C=O) groups excluding carboxylic acids is 3. The second-order valence-corrected chi connectivity index (χ2v) is 6.46. The number of aryl methyl sites for hydroxylation is 2. The fraction of sp³-hybridized carbons (Fsp3) is 0.389. The van der Waals surface area contributed by atoms with Crippen LogP contribution in [0.4, 0.5) is 4.79 Å². The molecule has 142 valence electrons. The Hall–Kier alpha value is -3.23. The number of hydrogen-bond donors (Lipinski definition) is 1. The summed E-state index contributed by atoms with van der Waals surface area (Å²) in [4.78, 5) is 38.3. The number of nitrogens with one attached hydrogen (secondary N) is 1. The first-order chi connectivity index (χ1) is 13.0. The summed E-state index contributed by atoms with van der Waals surface area (Å²) >= 11 is 0. The molecule has 1 aliphatic heterocycles. The highest BCUT2D eigenvalue weighted by molar-refractivity contribution is 6.05. The lowest BCUT2D eigenvalue weighted by molar-refractivity contribution is -0.131. The second kappa shape index (κ2) is 7.98. The molecule has 1 aliphatic rings. The molecule has 1 unspecified atom stereocenters. The fourth-order valence-corrected chi connectivity index (χ4v) is 3.00. The van der Waals surface area contributed by atoms with Gasteiger partial charge < -0.3 is 14.8 Å². The molecule has 1 saturated heterocycles. The molecule has 0 saturated carbocycles. The first-order valence-corrected chi connectivity index (χ1v) is 8.69. The van der Waals surface area contributed by atoms with Crippen LogP contribution >= 0.6 is 0 Å². The Morgan fingerprint density at radius 2 is 1.93 bits per heavy atom. The molecule has 27 heavy (non-hydrogen) atoms. The number of hydrogen-bond acceptors (Lipinski definition) is 5. The van der Waals surface area contributed by atoms with Gasteiger partial charge in [-0.15, -0.1) is 10.2 Å². The van der Waals surface area contributed by atoms with Crippen LogP contribution in [-0.2, 0) is 29.1 Å². The SMILES string of the molecule is CN1C(=O)C(CC(=O)NCc2nncn2CCc2ccccc2)N(C)C1=O. The number of rotatable bonds is 7. The molecule has 1 N–H and O–H groups in total. The van der Waals surface area contributed by atoms with Crippen LogP contribution in [0.15, 0.2) is 36.7 Å². The van der Waals surface area contributed by atoms with Crippen molar-refractivity contribution < 1.29 is 14.4 Å². The smallest absolute Gasteiger partial charge is 0.326 e. The standard InChI is InChI=1S/C18H22N6O3/c1-22-14(17(26)23(2)18(22)27)10-16(25)19-11-15-21-20-12-24(15)9-8-13-6-4-3-5-7-13/h3-7,12,14H,8-11H2,1-2H3,(H,19,25). The van der Waals surface area contributed by atoms with Crippen molar-refractivity contribution in [2.24, 2.45) is 0 Å². The van der Waals surface area contributed by atoms with E-state index >= 15 is 0 Å². The van der Waals surface area contributed by atoms with Gasteiger partial charge in [0, 0.05) is 20.6 Å². The Balaban J connectivity index is 1.52. The molecular weight excluding hydrogens is 348 g/mol. The number of benzene rings is 1. The van der Waals surface area contributed by atoms with E-state index in [2.05, 4.69) is 27.6 Å². The summed E-state index contributed by atoms with van der Waals surface area (Å²) in [6.07, 6.45) is 2.38. The Bertz CT molecular complexity index is 835. The molecule has 0 bridgehead atoms. The van der Waals surface area contributed by atoms with Crippen LogP contribution in [0, 0.1) is 0 Å². The summed E-state index contributed by atoms with van der Waals surface area (Å²) in [5.41, 5.74) is 1.21. The summed E-state index contributed by atoms with van der Waals surface area (Å²) in [6, 6.07) is 8.90. The number of likely N-dealkylation sites (N-methyl/N-ethyl adjacent to an activating group) is 2. The second-order valence-electron chi connectivity index (χ2n) is 6.46. The first-order valence-electron chi connectivity index (χ1n) is 8.69. The van der Waals surface area contributed by atoms with Gasteiger partial charge >= 0.3 is 6.03 Å². The maximum atomic E-state index is 12.2. The van der Waals surface area contributed by atoms with Crippen LogP contribution < -0.4 is 5.32 Å². The molecule has 0 radical (unpaired) electrons. The van der Waals surface area contributed by atoms with Crippen molar-refractivity contribution in [2.45, 2.75) is 32.0 Å². The fourth-order valence-electron chi connectivity index (χ4n) is 3.00. The average Bonchev–Trinajstić information content (AvgIpc) is 3.20. The van der Waals surface area contributed by atoms with E-state index in [-0.39, 0.29) is 24.8 Å². The molecule has 4 amide bonds. The van der Waals surface area contributed by atoms with Gasteiger partial charge in [-0.1, -0.05) is 30.3 Å². The van der Waals surface area contributed by atoms with Crippen LogP contribution in [0.1, 0.15) is 17.8 Å². The van der Waals surface area contributed by atoms with Crippen molar-refractivity contribution in [2.75, 3.05) is 14.1 Å². The van der Waals surface area contributed by atoms with Gasteiger partial charge in [0.2, 0.25) is 5.91 Å². The minimum atomic E-state index is -0.765. The maximum absolute atomic E-state index is 12.2. The van der Waals surface area contributed by atoms with Crippen molar-refractivity contribution in [3.63, 3.8) is 0 Å². The molecule has 0 spiro atoms. The molecule has 9 heteroatoms. The average molecular weight is 370 g/mol. The van der Waals surface area contributed by atoms with Crippen molar-refractivity contribution >= 4 is 17.8 Å². The van der Waals surface area contributed by atoms with E-state index in [0.29, 0.717) is 12.4 Å². The lowest BCUT2D eigenvalue weighted by atomic mass is 10.1. The van der Waals surface area contributed by atoms with Crippen molar-refractivity contribution in [3.8, 4) is 0 Å². The van der Waals surface area contributed by atoms with Gasteiger partial charge in [0.1, 0.15) is 12.4 Å². The molecule has 2 aromatic rings. The van der Waals surface area contributed by atoms with Crippen LogP contribution in [-0.4, -0.2) is 62.5 Å². The Labute approximate surface area is 157 Å². The van der Waals surface area contributed by atoms with E-state index in [9.17, 15) is 14.4 Å². The third kappa shape index (κ3) is 4.13. The quantitative estimate of drug-likeness (QED) is 0.712. The van der Waals surface area contributed by atoms with Gasteiger partial charge in [0.15, 0.2) is 5.82 Å². The zero-order valence-electron chi connectivity index (χ0n) is 15.3. The molecule has 3 rings (SSSR count). The number of aromatic nitrogens is 3. The Morgan fingerprint density at radius 3 is 2.59 bits per heavy atom. The van der Waals surface area contributed by atoms with E-state index in [4.69, 9.17) is 0 Å². The van der Waals surface area contributed by atoms with Gasteiger partial charge in [-0.25, -0.2) is 4.79 Å². The van der Waals surface area contributed by atoms with Gasteiger partial charge in [-0.05, 0) is 12.0 Å². The topological polar surface area (TPSA) is 100 Å². The van der Waals surface area contributed by atoms with Crippen molar-refractivity contribution in [3.05, 3.63) is 48.0 Å². The normalized spacial score (nSPS) is 16.9. The zero-order chi connectivity index (χ0) is 19.4. The highest BCUT2D eigenvalue weighted by Gasteiger charge is 2.41. The summed E-state index contributed by atoms with van der Waals surface area (Å²) < 4.78 is 1.89. The summed E-state index contributed by atoms with van der Waals surface area (Å²) in [6.45, 7) is 0.910. The van der Waals surface area contributed by atoms with Gasteiger partial charge in [-0.2, -0.15) is 0 Å². The number of nitrogens with zero attached hydrogens (tertiary/aromatic N) is 5. The summed E-state index contributed by atoms with van der Waals surface area (Å²) in [5, 5.41) is 10.7. The zero-order valence-corrected chi connectivity index (χ0v) is 15.3. The summed E-state index contributed by atoms with van der Waals surface area (Å²) in [5.74, 6) is -0.0526. The number of urea groups is 1. The molecule has 1 fully saturated rings. The van der Waals surface area contributed by atoms with Gasteiger partial charge in [0.05, 0.1) is 13.0 Å². The van der Waals surface area contributed by atoms with Crippen molar-refractivity contribution in [1.29, 1.82) is 0 Å². The largest absolute Gasteiger partial charge is 0.349 e. The van der Waals surface area contributed by atoms with Gasteiger partial charge in [-0.3, -0.25) is 14.5 Å². The first kappa shape index (κ1) is 18.6. The molecule has 9 nitrogen and oxygen atoms in total. The van der Waals surface area contributed by atoms with Crippen LogP contribution in [0.25, 0.3) is 0 Å². The molecule has 1 atom stereocenters. The lowest BCUT2D eigenvalue weighted by Crippen LogP contribution is -2.37. The van der Waals surface area contributed by atoms with E-state index in [1.165, 1.54) is 24.6 Å². The molecule has 1 aromatic carbocycles.